The third-order valence-electron chi connectivity index (χ3n) is 2.72. The van der Waals surface area contributed by atoms with E-state index >= 15 is 0 Å². The van der Waals surface area contributed by atoms with Gasteiger partial charge in [-0.15, -0.1) is 0 Å². The van der Waals surface area contributed by atoms with Gasteiger partial charge in [0.1, 0.15) is 0 Å². The van der Waals surface area contributed by atoms with Crippen LogP contribution in [0.2, 0.25) is 0 Å². The number of nitrogens with two attached hydrogens (primary N) is 1. The van der Waals surface area contributed by atoms with Gasteiger partial charge in [0.05, 0.1) is 11.8 Å². The van der Waals surface area contributed by atoms with Crippen molar-refractivity contribution in [1.29, 1.82) is 0 Å². The lowest BCUT2D eigenvalue weighted by molar-refractivity contribution is -0.123. The van der Waals surface area contributed by atoms with Gasteiger partial charge in [-0.2, -0.15) is 0 Å². The van der Waals surface area contributed by atoms with Crippen LogP contribution in [0.1, 0.15) is 19.8 Å². The molecule has 0 saturated carbocycles. The molecule has 0 aromatic rings. The quantitative estimate of drug-likeness (QED) is 0.531. The van der Waals surface area contributed by atoms with Crippen molar-refractivity contribution < 1.29 is 13.2 Å². The smallest absolute Gasteiger partial charge is 0.237 e. The average molecular weight is 249 g/mol. The van der Waals surface area contributed by atoms with Gasteiger partial charge in [-0.3, -0.25) is 4.79 Å². The number of hydrogen-bond acceptors (Lipinski definition) is 4. The van der Waals surface area contributed by atoms with E-state index in [1.54, 1.807) is 0 Å². The molecule has 16 heavy (non-hydrogen) atoms. The van der Waals surface area contributed by atoms with Crippen LogP contribution in [0, 0.1) is 5.92 Å². The molecule has 1 aliphatic heterocycles. The second-order valence-electron chi connectivity index (χ2n) is 4.21. The molecule has 0 aliphatic carbocycles. The highest BCUT2D eigenvalue weighted by atomic mass is 32.2. The van der Waals surface area contributed by atoms with E-state index in [4.69, 9.17) is 5.14 Å². The molecule has 0 aromatic heterocycles. The van der Waals surface area contributed by atoms with Crippen LogP contribution in [0.25, 0.3) is 0 Å². The Labute approximate surface area is 96.0 Å². The van der Waals surface area contributed by atoms with E-state index < -0.39 is 10.0 Å². The number of rotatable bonds is 5. The molecule has 1 rings (SSSR count). The third kappa shape index (κ3) is 4.46. The van der Waals surface area contributed by atoms with Crippen molar-refractivity contribution in [3.63, 3.8) is 0 Å². The van der Waals surface area contributed by atoms with Gasteiger partial charge >= 0.3 is 0 Å². The fourth-order valence-electron chi connectivity index (χ4n) is 1.78. The molecule has 0 bridgehead atoms. The molecule has 94 valence electrons. The molecule has 1 saturated heterocycles. The molecule has 2 unspecified atom stereocenters. The highest BCUT2D eigenvalue weighted by Crippen LogP contribution is 2.13. The van der Waals surface area contributed by atoms with Crippen LogP contribution in [-0.4, -0.2) is 39.2 Å². The number of hydrogen-bond donors (Lipinski definition) is 3. The van der Waals surface area contributed by atoms with Crippen LogP contribution in [0.15, 0.2) is 0 Å². The first-order valence-electron chi connectivity index (χ1n) is 5.42. The Bertz CT molecular complexity index is 342. The summed E-state index contributed by atoms with van der Waals surface area (Å²) in [5.74, 6) is 0.179. The first-order valence-corrected chi connectivity index (χ1v) is 7.13. The Morgan fingerprint density at radius 2 is 2.25 bits per heavy atom. The fraction of sp³-hybridized carbons (Fsp3) is 0.889. The minimum Gasteiger partial charge on any atom is -0.355 e. The highest BCUT2D eigenvalue weighted by molar-refractivity contribution is 7.89. The summed E-state index contributed by atoms with van der Waals surface area (Å²) in [6, 6.07) is -0.144. The summed E-state index contributed by atoms with van der Waals surface area (Å²) in [4.78, 5) is 11.6. The highest BCUT2D eigenvalue weighted by Gasteiger charge is 2.28. The van der Waals surface area contributed by atoms with E-state index in [9.17, 15) is 13.2 Å². The van der Waals surface area contributed by atoms with Gasteiger partial charge in [-0.05, 0) is 25.3 Å². The first kappa shape index (κ1) is 13.4. The second-order valence-corrected chi connectivity index (χ2v) is 5.94. The van der Waals surface area contributed by atoms with Crippen LogP contribution >= 0.6 is 0 Å². The van der Waals surface area contributed by atoms with Gasteiger partial charge in [-0.25, -0.2) is 13.6 Å². The van der Waals surface area contributed by atoms with Gasteiger partial charge < -0.3 is 10.6 Å². The normalized spacial score (nSPS) is 25.6. The van der Waals surface area contributed by atoms with Crippen molar-refractivity contribution >= 4 is 15.9 Å². The molecule has 6 nitrogen and oxygen atoms in total. The van der Waals surface area contributed by atoms with E-state index in [0.717, 1.165) is 13.0 Å². The van der Waals surface area contributed by atoms with Gasteiger partial charge in [0.15, 0.2) is 0 Å². The predicted octanol–water partition coefficient (Wildman–Crippen LogP) is -1.22. The molecule has 0 spiro atoms. The zero-order chi connectivity index (χ0) is 12.2. The predicted molar refractivity (Wildman–Crippen MR) is 61.2 cm³/mol. The molecule has 1 fully saturated rings. The van der Waals surface area contributed by atoms with E-state index in [0.29, 0.717) is 18.9 Å². The maximum Gasteiger partial charge on any atom is 0.237 e. The molecule has 7 heteroatoms. The molecule has 1 heterocycles. The Hall–Kier alpha value is -0.660. The molecule has 4 N–H and O–H groups in total. The number of sulfonamides is 1. The van der Waals surface area contributed by atoms with Gasteiger partial charge in [-0.1, -0.05) is 6.92 Å². The SMILES string of the molecule is CC1CCNC1C(=O)NCCCS(N)(=O)=O. The van der Waals surface area contributed by atoms with Gasteiger partial charge in [0.25, 0.3) is 0 Å². The van der Waals surface area contributed by atoms with Crippen LogP contribution < -0.4 is 15.8 Å². The maximum atomic E-state index is 11.6. The van der Waals surface area contributed by atoms with Crippen LogP contribution in [0.3, 0.4) is 0 Å². The standard InChI is InChI=1S/C9H19N3O3S/c1-7-3-5-11-8(7)9(13)12-4-2-6-16(10,14)15/h7-8,11H,2-6H2,1H3,(H,12,13)(H2,10,14,15). The largest absolute Gasteiger partial charge is 0.355 e. The summed E-state index contributed by atoms with van der Waals surface area (Å²) in [5.41, 5.74) is 0. The molecule has 2 atom stereocenters. The van der Waals surface area contributed by atoms with Crippen molar-refractivity contribution in [2.45, 2.75) is 25.8 Å². The minimum atomic E-state index is -3.42. The van der Waals surface area contributed by atoms with Crippen LogP contribution in [0.4, 0.5) is 0 Å². The average Bonchev–Trinajstić information content (AvgIpc) is 2.57. The van der Waals surface area contributed by atoms with Crippen molar-refractivity contribution in [1.82, 2.24) is 10.6 Å². The summed E-state index contributed by atoms with van der Waals surface area (Å²) < 4.78 is 21.3. The van der Waals surface area contributed by atoms with Crippen molar-refractivity contribution in [3.8, 4) is 0 Å². The van der Waals surface area contributed by atoms with Crippen molar-refractivity contribution in [3.05, 3.63) is 0 Å². The Morgan fingerprint density at radius 1 is 1.56 bits per heavy atom. The molecule has 1 amide bonds. The lowest BCUT2D eigenvalue weighted by Crippen LogP contribution is -2.43. The molecule has 0 aromatic carbocycles. The minimum absolute atomic E-state index is 0.0561. The molecular weight excluding hydrogens is 230 g/mol. The lowest BCUT2D eigenvalue weighted by Gasteiger charge is -2.15. The molecule has 0 radical (unpaired) electrons. The summed E-state index contributed by atoms with van der Waals surface area (Å²) >= 11 is 0. The summed E-state index contributed by atoms with van der Waals surface area (Å²) in [7, 11) is -3.42. The maximum absolute atomic E-state index is 11.6. The Kier molecular flexibility index (Phi) is 4.69. The van der Waals surface area contributed by atoms with Crippen LogP contribution in [0.5, 0.6) is 0 Å². The number of carbonyl (C=O) groups is 1. The number of primary sulfonamides is 1. The van der Waals surface area contributed by atoms with Crippen molar-refractivity contribution in [2.24, 2.45) is 11.1 Å². The third-order valence-corrected chi connectivity index (χ3v) is 3.58. The fourth-order valence-corrected chi connectivity index (χ4v) is 2.33. The lowest BCUT2D eigenvalue weighted by atomic mass is 10.0. The van der Waals surface area contributed by atoms with E-state index in [1.165, 1.54) is 0 Å². The zero-order valence-electron chi connectivity index (χ0n) is 9.40. The van der Waals surface area contributed by atoms with Gasteiger partial charge in [0.2, 0.25) is 15.9 Å². The van der Waals surface area contributed by atoms with Gasteiger partial charge in [0, 0.05) is 6.54 Å². The Balaban J connectivity index is 2.20. The zero-order valence-corrected chi connectivity index (χ0v) is 10.2. The molecule has 1 aliphatic rings. The second kappa shape index (κ2) is 5.60. The number of carbonyl (C=O) groups excluding carboxylic acids is 1. The monoisotopic (exact) mass is 249 g/mol. The topological polar surface area (TPSA) is 101 Å². The number of nitrogens with one attached hydrogen (secondary N) is 2. The van der Waals surface area contributed by atoms with E-state index in [1.807, 2.05) is 6.92 Å². The van der Waals surface area contributed by atoms with Crippen LogP contribution in [-0.2, 0) is 14.8 Å². The summed E-state index contributed by atoms with van der Waals surface area (Å²) in [5, 5.41) is 10.7. The van der Waals surface area contributed by atoms with E-state index in [2.05, 4.69) is 10.6 Å². The molecular formula is C9H19N3O3S. The summed E-state index contributed by atoms with van der Waals surface area (Å²) in [6.07, 6.45) is 1.35. The summed E-state index contributed by atoms with van der Waals surface area (Å²) in [6.45, 7) is 3.23. The first-order chi connectivity index (χ1) is 7.40. The number of amides is 1. The Morgan fingerprint density at radius 3 is 2.75 bits per heavy atom. The van der Waals surface area contributed by atoms with E-state index in [-0.39, 0.29) is 17.7 Å². The van der Waals surface area contributed by atoms with Crippen molar-refractivity contribution in [2.75, 3.05) is 18.8 Å².